The van der Waals surface area contributed by atoms with Crippen molar-refractivity contribution in [3.8, 4) is 11.4 Å². The lowest BCUT2D eigenvalue weighted by Crippen LogP contribution is -2.36. The molecule has 0 N–H and O–H groups in total. The number of aryl methyl sites for hydroxylation is 1. The predicted molar refractivity (Wildman–Crippen MR) is 117 cm³/mol. The first-order valence-electron chi connectivity index (χ1n) is 11.2. The number of hydrogen-bond acceptors (Lipinski definition) is 3. The molecule has 1 aromatic heterocycles. The van der Waals surface area contributed by atoms with E-state index in [0.717, 1.165) is 63.5 Å². The maximum atomic E-state index is 12.9. The molecule has 2 aromatic rings. The third-order valence-corrected chi connectivity index (χ3v) is 6.78. The fourth-order valence-electron chi connectivity index (χ4n) is 4.86. The Labute approximate surface area is 174 Å². The number of likely N-dealkylation sites (tertiary alicyclic amines) is 2. The fraction of sp³-hybridized carbons (Fsp3) is 0.583. The van der Waals surface area contributed by atoms with E-state index in [2.05, 4.69) is 57.5 Å². The van der Waals surface area contributed by atoms with Gasteiger partial charge in [0, 0.05) is 43.5 Å². The predicted octanol–water partition coefficient (Wildman–Crippen LogP) is 3.83. The molecule has 2 saturated heterocycles. The van der Waals surface area contributed by atoms with Crippen LogP contribution in [0.2, 0.25) is 0 Å². The molecule has 156 valence electrons. The number of carbonyl (C=O) groups is 1. The molecule has 2 aliphatic heterocycles. The third-order valence-electron chi connectivity index (χ3n) is 6.78. The molecule has 0 bridgehead atoms. The van der Waals surface area contributed by atoms with E-state index >= 15 is 0 Å². The average Bonchev–Trinajstić information content (AvgIpc) is 3.37. The Morgan fingerprint density at radius 1 is 1.07 bits per heavy atom. The summed E-state index contributed by atoms with van der Waals surface area (Å²) in [6, 6.07) is 10.4. The van der Waals surface area contributed by atoms with Crippen LogP contribution in [0.15, 0.2) is 36.5 Å². The van der Waals surface area contributed by atoms with Gasteiger partial charge < -0.3 is 14.4 Å². The van der Waals surface area contributed by atoms with Crippen LogP contribution in [-0.2, 0) is 11.3 Å². The summed E-state index contributed by atoms with van der Waals surface area (Å²) in [6.45, 7) is 10.5. The highest BCUT2D eigenvalue weighted by Gasteiger charge is 2.29. The minimum atomic E-state index is 0.369. The summed E-state index contributed by atoms with van der Waals surface area (Å²) in [6.07, 6.45) is 6.13. The molecule has 1 unspecified atom stereocenters. The number of aromatic nitrogens is 2. The van der Waals surface area contributed by atoms with Gasteiger partial charge >= 0.3 is 0 Å². The zero-order valence-electron chi connectivity index (χ0n) is 17.9. The first kappa shape index (κ1) is 20.1. The van der Waals surface area contributed by atoms with E-state index in [0.29, 0.717) is 17.7 Å². The molecule has 5 nitrogen and oxygen atoms in total. The van der Waals surface area contributed by atoms with Crippen molar-refractivity contribution in [3.63, 3.8) is 0 Å². The lowest BCUT2D eigenvalue weighted by atomic mass is 9.93. The lowest BCUT2D eigenvalue weighted by molar-refractivity contribution is -0.131. The molecule has 5 heteroatoms. The van der Waals surface area contributed by atoms with Crippen LogP contribution in [0.5, 0.6) is 0 Å². The van der Waals surface area contributed by atoms with E-state index in [1.807, 2.05) is 12.3 Å². The van der Waals surface area contributed by atoms with Gasteiger partial charge in [-0.2, -0.15) is 0 Å². The van der Waals surface area contributed by atoms with Crippen molar-refractivity contribution < 1.29 is 4.79 Å². The number of nitrogens with zero attached hydrogens (tertiary/aromatic N) is 4. The van der Waals surface area contributed by atoms with Crippen molar-refractivity contribution in [3.05, 3.63) is 42.2 Å². The third kappa shape index (κ3) is 4.72. The molecule has 0 spiro atoms. The average molecular weight is 395 g/mol. The van der Waals surface area contributed by atoms with E-state index in [4.69, 9.17) is 0 Å². The highest BCUT2D eigenvalue weighted by atomic mass is 16.2. The van der Waals surface area contributed by atoms with Gasteiger partial charge in [-0.05, 0) is 57.7 Å². The minimum absolute atomic E-state index is 0.369. The normalized spacial score (nSPS) is 21.0. The monoisotopic (exact) mass is 394 g/mol. The fourth-order valence-corrected chi connectivity index (χ4v) is 4.86. The van der Waals surface area contributed by atoms with E-state index in [-0.39, 0.29) is 0 Å². The molecule has 0 saturated carbocycles. The van der Waals surface area contributed by atoms with Gasteiger partial charge in [0.2, 0.25) is 5.91 Å². The summed E-state index contributed by atoms with van der Waals surface area (Å²) in [4.78, 5) is 22.1. The van der Waals surface area contributed by atoms with Gasteiger partial charge in [-0.3, -0.25) is 4.79 Å². The van der Waals surface area contributed by atoms with Gasteiger partial charge in [0.1, 0.15) is 5.82 Å². The summed E-state index contributed by atoms with van der Waals surface area (Å²) in [5, 5.41) is 0. The van der Waals surface area contributed by atoms with Gasteiger partial charge in [-0.1, -0.05) is 37.3 Å². The molecule has 1 amide bonds. The van der Waals surface area contributed by atoms with Crippen LogP contribution in [0, 0.1) is 18.8 Å². The van der Waals surface area contributed by atoms with Gasteiger partial charge in [-0.15, -0.1) is 0 Å². The molecule has 29 heavy (non-hydrogen) atoms. The molecule has 0 aliphatic carbocycles. The maximum Gasteiger partial charge on any atom is 0.222 e. The molecule has 0 radical (unpaired) electrons. The summed E-state index contributed by atoms with van der Waals surface area (Å²) >= 11 is 0. The molecular weight excluding hydrogens is 360 g/mol. The summed E-state index contributed by atoms with van der Waals surface area (Å²) < 4.78 is 2.33. The van der Waals surface area contributed by atoms with E-state index < -0.39 is 0 Å². The number of carbonyl (C=O) groups excluding carboxylic acids is 1. The number of piperidine rings is 1. The quantitative estimate of drug-likeness (QED) is 0.748. The number of hydrogen-bond donors (Lipinski definition) is 0. The Balaban J connectivity index is 1.33. The number of amides is 1. The largest absolute Gasteiger partial charge is 0.342 e. The second-order valence-corrected chi connectivity index (χ2v) is 8.78. The van der Waals surface area contributed by atoms with Gasteiger partial charge in [0.25, 0.3) is 0 Å². The molecule has 2 fully saturated rings. The Kier molecular flexibility index (Phi) is 6.34. The molecule has 4 rings (SSSR count). The van der Waals surface area contributed by atoms with Crippen LogP contribution in [0.25, 0.3) is 11.4 Å². The van der Waals surface area contributed by atoms with Gasteiger partial charge in [0.05, 0.1) is 0 Å². The minimum Gasteiger partial charge on any atom is -0.342 e. The summed E-state index contributed by atoms with van der Waals surface area (Å²) in [5.74, 6) is 2.49. The highest BCUT2D eigenvalue weighted by Crippen LogP contribution is 2.27. The van der Waals surface area contributed by atoms with Crippen molar-refractivity contribution in [2.75, 3.05) is 32.7 Å². The number of rotatable bonds is 6. The second-order valence-electron chi connectivity index (χ2n) is 8.78. The van der Waals surface area contributed by atoms with Crippen molar-refractivity contribution in [2.45, 2.75) is 46.1 Å². The summed E-state index contributed by atoms with van der Waals surface area (Å²) in [7, 11) is 0. The molecule has 3 heterocycles. The smallest absolute Gasteiger partial charge is 0.222 e. The first-order chi connectivity index (χ1) is 14.1. The number of benzene rings is 1. The first-order valence-corrected chi connectivity index (χ1v) is 11.2. The van der Waals surface area contributed by atoms with Crippen LogP contribution in [-0.4, -0.2) is 58.0 Å². The molecular formula is C24H34N4O. The summed E-state index contributed by atoms with van der Waals surface area (Å²) in [5.41, 5.74) is 2.35. The number of imidazole rings is 1. The SMILES string of the molecule is CCN1CCC(CC(=O)N2CCC(Cn3c(C)cnc3-c3ccccc3)C2)CC1. The standard InChI is InChI=1S/C24H34N4O/c1-3-26-12-9-20(10-13-26)15-23(29)27-14-11-21(17-27)18-28-19(2)16-25-24(28)22-7-5-4-6-8-22/h4-8,16,20-21H,3,9-15,17-18H2,1-2H3. The van der Waals surface area contributed by atoms with E-state index in [1.165, 1.54) is 18.5 Å². The van der Waals surface area contributed by atoms with E-state index in [1.54, 1.807) is 0 Å². The van der Waals surface area contributed by atoms with Crippen molar-refractivity contribution >= 4 is 5.91 Å². The Bertz CT molecular complexity index is 808. The molecule has 2 aliphatic rings. The molecule has 1 atom stereocenters. The van der Waals surface area contributed by atoms with Crippen molar-refractivity contribution in [2.24, 2.45) is 11.8 Å². The lowest BCUT2D eigenvalue weighted by Gasteiger charge is -2.31. The van der Waals surface area contributed by atoms with Crippen LogP contribution >= 0.6 is 0 Å². The van der Waals surface area contributed by atoms with Crippen LogP contribution < -0.4 is 0 Å². The topological polar surface area (TPSA) is 41.4 Å². The maximum absolute atomic E-state index is 12.9. The molecule has 1 aromatic carbocycles. The van der Waals surface area contributed by atoms with Crippen LogP contribution in [0.1, 0.15) is 38.3 Å². The van der Waals surface area contributed by atoms with Crippen LogP contribution in [0.3, 0.4) is 0 Å². The zero-order valence-corrected chi connectivity index (χ0v) is 17.9. The second kappa shape index (κ2) is 9.12. The van der Waals surface area contributed by atoms with E-state index in [9.17, 15) is 4.79 Å². The highest BCUT2D eigenvalue weighted by molar-refractivity contribution is 5.76. The van der Waals surface area contributed by atoms with Gasteiger partial charge in [0.15, 0.2) is 0 Å². The van der Waals surface area contributed by atoms with Crippen molar-refractivity contribution in [1.82, 2.24) is 19.4 Å². The Hall–Kier alpha value is -2.14. The van der Waals surface area contributed by atoms with Crippen molar-refractivity contribution in [1.29, 1.82) is 0 Å². The van der Waals surface area contributed by atoms with Gasteiger partial charge in [-0.25, -0.2) is 4.98 Å². The zero-order chi connectivity index (χ0) is 20.2. The Morgan fingerprint density at radius 2 is 1.79 bits per heavy atom. The Morgan fingerprint density at radius 3 is 2.52 bits per heavy atom. The van der Waals surface area contributed by atoms with Crippen LogP contribution in [0.4, 0.5) is 0 Å².